The summed E-state index contributed by atoms with van der Waals surface area (Å²) in [6, 6.07) is 10.2. The molecule has 2 atom stereocenters. The van der Waals surface area contributed by atoms with Gasteiger partial charge in [-0.05, 0) is 74.9 Å². The summed E-state index contributed by atoms with van der Waals surface area (Å²) in [5.41, 5.74) is 3.45. The van der Waals surface area contributed by atoms with Crippen LogP contribution < -0.4 is 9.64 Å². The van der Waals surface area contributed by atoms with E-state index in [4.69, 9.17) is 19.0 Å². The zero-order chi connectivity index (χ0) is 26.7. The molecular weight excluding hydrogens is 521 g/mol. The van der Waals surface area contributed by atoms with Gasteiger partial charge in [0.25, 0.3) is 0 Å². The summed E-state index contributed by atoms with van der Waals surface area (Å²) >= 11 is 1.52. The Morgan fingerprint density at radius 3 is 2.56 bits per heavy atom. The SMILES string of the molecule is COc1cc(C(=O)O)cc2sc(N3C4CCC3CC(OCc3c(-c5ccc(F)cc5)noc3C3CC3)C4)nc12. The lowest BCUT2D eigenvalue weighted by Gasteiger charge is -2.38. The number of ether oxygens (including phenoxy) is 2. The largest absolute Gasteiger partial charge is 0.494 e. The van der Waals surface area contributed by atoms with Crippen LogP contribution in [0, 0.1) is 5.82 Å². The number of carboxylic acids is 1. The third-order valence-electron chi connectivity index (χ3n) is 8.17. The van der Waals surface area contributed by atoms with Crippen molar-refractivity contribution in [1.29, 1.82) is 0 Å². The second kappa shape index (κ2) is 9.60. The molecule has 202 valence electrons. The third kappa shape index (κ3) is 4.45. The number of thiazole rings is 1. The highest BCUT2D eigenvalue weighted by atomic mass is 32.1. The third-order valence-corrected chi connectivity index (χ3v) is 9.19. The Bertz CT molecular complexity index is 1530. The minimum absolute atomic E-state index is 0.101. The van der Waals surface area contributed by atoms with E-state index >= 15 is 0 Å². The van der Waals surface area contributed by atoms with Crippen LogP contribution >= 0.6 is 11.3 Å². The molecule has 7 rings (SSSR count). The van der Waals surface area contributed by atoms with Crippen molar-refractivity contribution in [3.63, 3.8) is 0 Å². The molecule has 2 aromatic heterocycles. The smallest absolute Gasteiger partial charge is 0.335 e. The van der Waals surface area contributed by atoms with Gasteiger partial charge in [-0.1, -0.05) is 16.5 Å². The average Bonchev–Trinajstić information content (AvgIpc) is 3.45. The summed E-state index contributed by atoms with van der Waals surface area (Å²) < 4.78 is 32.1. The van der Waals surface area contributed by atoms with E-state index < -0.39 is 5.97 Å². The van der Waals surface area contributed by atoms with Gasteiger partial charge in [-0.15, -0.1) is 0 Å². The fourth-order valence-electron chi connectivity index (χ4n) is 6.12. The van der Waals surface area contributed by atoms with Gasteiger partial charge in [0, 0.05) is 29.1 Å². The van der Waals surface area contributed by atoms with Crippen LogP contribution in [0.1, 0.15) is 66.1 Å². The van der Waals surface area contributed by atoms with Crippen LogP contribution in [0.15, 0.2) is 40.9 Å². The van der Waals surface area contributed by atoms with Gasteiger partial charge >= 0.3 is 5.97 Å². The molecule has 4 aromatic rings. The number of piperidine rings is 1. The molecule has 2 bridgehead atoms. The fraction of sp³-hybridized carbons (Fsp3) is 0.414. The van der Waals surface area contributed by atoms with Crippen LogP contribution in [-0.2, 0) is 11.3 Å². The fourth-order valence-corrected chi connectivity index (χ4v) is 7.28. The van der Waals surface area contributed by atoms with Crippen molar-refractivity contribution in [3.8, 4) is 17.0 Å². The Labute approximate surface area is 228 Å². The number of hydrogen-bond acceptors (Lipinski definition) is 8. The van der Waals surface area contributed by atoms with E-state index in [0.29, 0.717) is 35.9 Å². The number of methoxy groups -OCH3 is 1. The quantitative estimate of drug-likeness (QED) is 0.270. The van der Waals surface area contributed by atoms with Crippen LogP contribution in [0.3, 0.4) is 0 Å². The van der Waals surface area contributed by atoms with Gasteiger partial charge in [-0.25, -0.2) is 14.2 Å². The molecule has 2 unspecified atom stereocenters. The maximum absolute atomic E-state index is 13.5. The normalized spacial score (nSPS) is 22.5. The minimum atomic E-state index is -0.983. The van der Waals surface area contributed by atoms with Crippen LogP contribution in [0.2, 0.25) is 0 Å². The first kappa shape index (κ1) is 24.5. The Balaban J connectivity index is 1.10. The number of rotatable bonds is 8. The van der Waals surface area contributed by atoms with Gasteiger partial charge in [0.1, 0.15) is 28.5 Å². The van der Waals surface area contributed by atoms with E-state index in [2.05, 4.69) is 10.1 Å². The molecule has 3 aliphatic rings. The van der Waals surface area contributed by atoms with E-state index in [1.165, 1.54) is 36.6 Å². The second-order valence-corrected chi connectivity index (χ2v) is 11.7. The first-order valence-corrected chi connectivity index (χ1v) is 14.2. The van der Waals surface area contributed by atoms with Crippen molar-refractivity contribution in [1.82, 2.24) is 10.1 Å². The molecule has 1 N–H and O–H groups in total. The number of anilines is 1. The molecule has 4 heterocycles. The van der Waals surface area contributed by atoms with Crippen molar-refractivity contribution >= 4 is 32.7 Å². The maximum Gasteiger partial charge on any atom is 0.335 e. The molecule has 1 saturated carbocycles. The zero-order valence-corrected chi connectivity index (χ0v) is 22.2. The second-order valence-electron chi connectivity index (χ2n) is 10.7. The lowest BCUT2D eigenvalue weighted by atomic mass is 10.00. The standard InChI is InChI=1S/C29H28FN3O5S/c1-36-23-10-17(28(34)35)11-24-26(23)31-29(39-24)33-19-8-9-20(33)13-21(12-19)37-14-22-25(15-4-6-18(30)7-5-15)32-38-27(22)16-2-3-16/h4-7,10-11,16,19-21H,2-3,8-9,12-14H2,1H3,(H,34,35). The van der Waals surface area contributed by atoms with Crippen molar-refractivity contribution in [2.45, 2.75) is 69.2 Å². The van der Waals surface area contributed by atoms with Crippen LogP contribution in [-0.4, -0.2) is 46.5 Å². The van der Waals surface area contributed by atoms with E-state index in [0.717, 1.165) is 70.9 Å². The molecule has 0 radical (unpaired) electrons. The van der Waals surface area contributed by atoms with E-state index in [-0.39, 0.29) is 17.5 Å². The van der Waals surface area contributed by atoms with Crippen molar-refractivity contribution in [3.05, 3.63) is 59.1 Å². The summed E-state index contributed by atoms with van der Waals surface area (Å²) in [6.07, 6.45) is 6.20. The first-order valence-electron chi connectivity index (χ1n) is 13.3. The van der Waals surface area contributed by atoms with Gasteiger partial charge in [0.2, 0.25) is 0 Å². The van der Waals surface area contributed by atoms with Gasteiger partial charge in [-0.2, -0.15) is 0 Å². The lowest BCUT2D eigenvalue weighted by Crippen LogP contribution is -2.45. The van der Waals surface area contributed by atoms with Crippen molar-refractivity contribution in [2.24, 2.45) is 0 Å². The molecular formula is C29H28FN3O5S. The number of carboxylic acid groups (broad SMARTS) is 1. The van der Waals surface area contributed by atoms with E-state index in [1.807, 2.05) is 0 Å². The monoisotopic (exact) mass is 549 g/mol. The number of benzene rings is 2. The number of aromatic carboxylic acids is 1. The topological polar surface area (TPSA) is 97.9 Å². The van der Waals surface area contributed by atoms with Crippen molar-refractivity contribution in [2.75, 3.05) is 12.0 Å². The van der Waals surface area contributed by atoms with Gasteiger partial charge in [-0.3, -0.25) is 0 Å². The van der Waals surface area contributed by atoms with Crippen molar-refractivity contribution < 1.29 is 28.3 Å². The average molecular weight is 550 g/mol. The Morgan fingerprint density at radius 2 is 1.90 bits per heavy atom. The molecule has 0 amide bonds. The molecule has 2 aromatic carbocycles. The van der Waals surface area contributed by atoms with E-state index in [1.54, 1.807) is 18.2 Å². The molecule has 1 aliphatic carbocycles. The molecule has 2 saturated heterocycles. The maximum atomic E-state index is 13.5. The minimum Gasteiger partial charge on any atom is -0.494 e. The molecule has 39 heavy (non-hydrogen) atoms. The highest BCUT2D eigenvalue weighted by Crippen LogP contribution is 2.46. The number of carbonyl (C=O) groups is 1. The molecule has 8 nitrogen and oxygen atoms in total. The summed E-state index contributed by atoms with van der Waals surface area (Å²) in [4.78, 5) is 18.9. The zero-order valence-electron chi connectivity index (χ0n) is 21.4. The number of halogens is 1. The first-order chi connectivity index (χ1) is 19.0. The number of nitrogens with zero attached hydrogens (tertiary/aromatic N) is 3. The van der Waals surface area contributed by atoms with E-state index in [9.17, 15) is 14.3 Å². The highest BCUT2D eigenvalue weighted by Gasteiger charge is 2.43. The Morgan fingerprint density at radius 1 is 1.15 bits per heavy atom. The molecule has 10 heteroatoms. The number of hydrogen-bond donors (Lipinski definition) is 1. The summed E-state index contributed by atoms with van der Waals surface area (Å²) in [7, 11) is 1.54. The molecule has 2 aliphatic heterocycles. The predicted octanol–water partition coefficient (Wildman–Crippen LogP) is 6.39. The van der Waals surface area contributed by atoms with Crippen LogP contribution in [0.5, 0.6) is 5.75 Å². The highest BCUT2D eigenvalue weighted by molar-refractivity contribution is 7.22. The van der Waals surface area contributed by atoms with Gasteiger partial charge in [0.05, 0.1) is 30.1 Å². The van der Waals surface area contributed by atoms with Crippen LogP contribution in [0.25, 0.3) is 21.5 Å². The Kier molecular flexibility index (Phi) is 6.04. The lowest BCUT2D eigenvalue weighted by molar-refractivity contribution is 0.0147. The number of fused-ring (bicyclic) bond motifs is 3. The Hall–Kier alpha value is -3.50. The summed E-state index contributed by atoms with van der Waals surface area (Å²) in [6.45, 7) is 0.419. The van der Waals surface area contributed by atoms with Crippen LogP contribution in [0.4, 0.5) is 9.52 Å². The van der Waals surface area contributed by atoms with Gasteiger partial charge in [0.15, 0.2) is 5.13 Å². The summed E-state index contributed by atoms with van der Waals surface area (Å²) in [5.74, 6) is 0.511. The molecule has 0 spiro atoms. The van der Waals surface area contributed by atoms with Gasteiger partial charge < -0.3 is 24.0 Å². The number of aromatic nitrogens is 2. The predicted molar refractivity (Wildman–Crippen MR) is 144 cm³/mol. The molecule has 3 fully saturated rings. The summed E-state index contributed by atoms with van der Waals surface area (Å²) in [5, 5.41) is 14.7.